The van der Waals surface area contributed by atoms with Crippen LogP contribution in [-0.2, 0) is 16.1 Å². The number of likely N-dealkylation sites (N-methyl/N-ethyl adjacent to an activating group) is 1. The fraction of sp³-hybridized carbons (Fsp3) is 0.471. The SMILES string of the molecule is CCN(CC(=O)NCc1cccs1)C(=O)CSc1nccn1C1CC1. The Bertz CT molecular complexity index is 710. The molecule has 0 aromatic carbocycles. The molecule has 6 nitrogen and oxygen atoms in total. The van der Waals surface area contributed by atoms with Crippen molar-refractivity contribution in [2.45, 2.75) is 37.5 Å². The fourth-order valence-electron chi connectivity index (χ4n) is 2.46. The second-order valence-electron chi connectivity index (χ2n) is 5.90. The highest BCUT2D eigenvalue weighted by Gasteiger charge is 2.26. The molecule has 8 heteroatoms. The van der Waals surface area contributed by atoms with Gasteiger partial charge in [0.05, 0.1) is 18.8 Å². The first kappa shape index (κ1) is 18.0. The second-order valence-corrected chi connectivity index (χ2v) is 7.88. The Labute approximate surface area is 155 Å². The Morgan fingerprint density at radius 1 is 1.48 bits per heavy atom. The van der Waals surface area contributed by atoms with Crippen LogP contribution in [0.25, 0.3) is 0 Å². The minimum absolute atomic E-state index is 0.0379. The van der Waals surface area contributed by atoms with Crippen LogP contribution in [0.15, 0.2) is 35.1 Å². The van der Waals surface area contributed by atoms with Crippen molar-refractivity contribution in [3.8, 4) is 0 Å². The molecule has 0 radical (unpaired) electrons. The van der Waals surface area contributed by atoms with Gasteiger partial charge < -0.3 is 14.8 Å². The van der Waals surface area contributed by atoms with Gasteiger partial charge in [-0.25, -0.2) is 4.98 Å². The number of thioether (sulfide) groups is 1. The molecule has 0 saturated heterocycles. The number of aromatic nitrogens is 2. The van der Waals surface area contributed by atoms with Crippen LogP contribution in [0.5, 0.6) is 0 Å². The molecule has 0 atom stereocenters. The van der Waals surface area contributed by atoms with Crippen molar-refractivity contribution in [2.24, 2.45) is 0 Å². The molecule has 25 heavy (non-hydrogen) atoms. The molecule has 134 valence electrons. The van der Waals surface area contributed by atoms with Crippen molar-refractivity contribution >= 4 is 34.9 Å². The molecular formula is C17H22N4O2S2. The third kappa shape index (κ3) is 5.09. The van der Waals surface area contributed by atoms with Gasteiger partial charge in [0.25, 0.3) is 0 Å². The Balaban J connectivity index is 1.45. The number of imidazole rings is 1. The average Bonchev–Trinajstić information content (AvgIpc) is 3.12. The molecule has 1 fully saturated rings. The van der Waals surface area contributed by atoms with E-state index in [0.29, 0.717) is 24.9 Å². The number of amides is 2. The molecule has 0 aliphatic heterocycles. The van der Waals surface area contributed by atoms with Gasteiger partial charge in [0.1, 0.15) is 0 Å². The van der Waals surface area contributed by atoms with Crippen molar-refractivity contribution < 1.29 is 9.59 Å². The van der Waals surface area contributed by atoms with Crippen LogP contribution in [0, 0.1) is 0 Å². The monoisotopic (exact) mass is 378 g/mol. The van der Waals surface area contributed by atoms with Gasteiger partial charge in [-0.2, -0.15) is 0 Å². The summed E-state index contributed by atoms with van der Waals surface area (Å²) in [7, 11) is 0. The first-order valence-corrected chi connectivity index (χ1v) is 10.3. The maximum atomic E-state index is 12.4. The summed E-state index contributed by atoms with van der Waals surface area (Å²) in [4.78, 5) is 31.5. The molecule has 1 aliphatic carbocycles. The maximum Gasteiger partial charge on any atom is 0.239 e. The first-order chi connectivity index (χ1) is 12.2. The summed E-state index contributed by atoms with van der Waals surface area (Å²) in [6, 6.07) is 4.48. The van der Waals surface area contributed by atoms with E-state index in [0.717, 1.165) is 10.0 Å². The summed E-state index contributed by atoms with van der Waals surface area (Å²) in [6.07, 6.45) is 6.12. The standard InChI is InChI=1S/C17H22N4O2S2/c1-2-20(11-15(22)19-10-14-4-3-9-24-14)16(23)12-25-17-18-7-8-21(17)13-5-6-13/h3-4,7-9,13H,2,5-6,10-12H2,1H3,(H,19,22). The summed E-state index contributed by atoms with van der Waals surface area (Å²) in [6.45, 7) is 3.01. The molecule has 2 aromatic heterocycles. The van der Waals surface area contributed by atoms with E-state index in [1.54, 1.807) is 22.4 Å². The maximum absolute atomic E-state index is 12.4. The van der Waals surface area contributed by atoms with Gasteiger partial charge in [-0.1, -0.05) is 17.8 Å². The van der Waals surface area contributed by atoms with Gasteiger partial charge in [0, 0.05) is 29.9 Å². The van der Waals surface area contributed by atoms with Gasteiger partial charge in [0.2, 0.25) is 11.8 Å². The van der Waals surface area contributed by atoms with E-state index in [4.69, 9.17) is 0 Å². The van der Waals surface area contributed by atoms with E-state index < -0.39 is 0 Å². The summed E-state index contributed by atoms with van der Waals surface area (Å²) >= 11 is 3.05. The van der Waals surface area contributed by atoms with Crippen molar-refractivity contribution in [2.75, 3.05) is 18.8 Å². The smallest absolute Gasteiger partial charge is 0.239 e. The van der Waals surface area contributed by atoms with Crippen LogP contribution in [0.3, 0.4) is 0 Å². The van der Waals surface area contributed by atoms with Crippen molar-refractivity contribution in [3.05, 3.63) is 34.8 Å². The lowest BCUT2D eigenvalue weighted by Crippen LogP contribution is -2.41. The third-order valence-corrected chi connectivity index (χ3v) is 5.85. The summed E-state index contributed by atoms with van der Waals surface area (Å²) in [5.41, 5.74) is 0. The number of nitrogens with one attached hydrogen (secondary N) is 1. The van der Waals surface area contributed by atoms with E-state index in [1.807, 2.05) is 30.6 Å². The zero-order valence-electron chi connectivity index (χ0n) is 14.2. The Morgan fingerprint density at radius 3 is 3.00 bits per heavy atom. The van der Waals surface area contributed by atoms with E-state index in [2.05, 4.69) is 14.9 Å². The lowest BCUT2D eigenvalue weighted by Gasteiger charge is -2.20. The molecule has 1 aliphatic rings. The minimum atomic E-state index is -0.131. The summed E-state index contributed by atoms with van der Waals surface area (Å²) in [5.74, 6) is 0.132. The lowest BCUT2D eigenvalue weighted by molar-refractivity contribution is -0.133. The number of hydrogen-bond acceptors (Lipinski definition) is 5. The van der Waals surface area contributed by atoms with Crippen molar-refractivity contribution in [1.82, 2.24) is 19.8 Å². The molecule has 0 unspecified atom stereocenters. The molecule has 0 spiro atoms. The summed E-state index contributed by atoms with van der Waals surface area (Å²) in [5, 5.41) is 5.72. The highest BCUT2D eigenvalue weighted by molar-refractivity contribution is 7.99. The first-order valence-electron chi connectivity index (χ1n) is 8.40. The quantitative estimate of drug-likeness (QED) is 0.681. The van der Waals surface area contributed by atoms with Crippen LogP contribution in [0.4, 0.5) is 0 Å². The van der Waals surface area contributed by atoms with Gasteiger partial charge in [-0.3, -0.25) is 9.59 Å². The Kier molecular flexibility index (Phi) is 6.14. The highest BCUT2D eigenvalue weighted by atomic mass is 32.2. The normalized spacial score (nSPS) is 13.6. The molecule has 1 saturated carbocycles. The van der Waals surface area contributed by atoms with E-state index in [9.17, 15) is 9.59 Å². The Morgan fingerprint density at radius 2 is 2.32 bits per heavy atom. The molecule has 1 N–H and O–H groups in total. The number of nitrogens with zero attached hydrogens (tertiary/aromatic N) is 3. The number of hydrogen-bond donors (Lipinski definition) is 1. The lowest BCUT2D eigenvalue weighted by atomic mass is 10.4. The van der Waals surface area contributed by atoms with E-state index in [-0.39, 0.29) is 18.4 Å². The van der Waals surface area contributed by atoms with Crippen molar-refractivity contribution in [3.63, 3.8) is 0 Å². The molecule has 0 bridgehead atoms. The predicted octanol–water partition coefficient (Wildman–Crippen LogP) is 2.54. The van der Waals surface area contributed by atoms with E-state index >= 15 is 0 Å². The largest absolute Gasteiger partial charge is 0.350 e. The molecule has 2 aromatic rings. The van der Waals surface area contributed by atoms with Crippen LogP contribution >= 0.6 is 23.1 Å². The zero-order chi connectivity index (χ0) is 17.6. The zero-order valence-corrected chi connectivity index (χ0v) is 15.8. The van der Waals surface area contributed by atoms with Crippen molar-refractivity contribution in [1.29, 1.82) is 0 Å². The topological polar surface area (TPSA) is 67.2 Å². The molecule has 2 amide bonds. The fourth-order valence-corrected chi connectivity index (χ4v) is 4.04. The number of thiophene rings is 1. The van der Waals surface area contributed by atoms with Crippen LogP contribution < -0.4 is 5.32 Å². The number of rotatable bonds is 9. The van der Waals surface area contributed by atoms with Gasteiger partial charge >= 0.3 is 0 Å². The molecule has 2 heterocycles. The van der Waals surface area contributed by atoms with Crippen LogP contribution in [0.1, 0.15) is 30.7 Å². The Hall–Kier alpha value is -1.80. The van der Waals surface area contributed by atoms with Gasteiger partial charge in [-0.15, -0.1) is 11.3 Å². The number of carbonyl (C=O) groups excluding carboxylic acids is 2. The van der Waals surface area contributed by atoms with Gasteiger partial charge in [0.15, 0.2) is 5.16 Å². The third-order valence-electron chi connectivity index (χ3n) is 4.01. The number of carbonyl (C=O) groups is 2. The average molecular weight is 379 g/mol. The van der Waals surface area contributed by atoms with Crippen LogP contribution in [-0.4, -0.2) is 45.1 Å². The highest BCUT2D eigenvalue weighted by Crippen LogP contribution is 2.37. The minimum Gasteiger partial charge on any atom is -0.350 e. The predicted molar refractivity (Wildman–Crippen MR) is 99.6 cm³/mol. The summed E-state index contributed by atoms with van der Waals surface area (Å²) < 4.78 is 2.14. The second kappa shape index (κ2) is 8.53. The van der Waals surface area contributed by atoms with Gasteiger partial charge in [-0.05, 0) is 31.2 Å². The van der Waals surface area contributed by atoms with Crippen LogP contribution in [0.2, 0.25) is 0 Å². The molecular weight excluding hydrogens is 356 g/mol. The van der Waals surface area contributed by atoms with E-state index in [1.165, 1.54) is 24.6 Å². The molecule has 3 rings (SSSR count).